The molecule has 0 aliphatic carbocycles. The zero-order chi connectivity index (χ0) is 29.3. The molecule has 1 aliphatic rings. The van der Waals surface area contributed by atoms with Crippen molar-refractivity contribution < 1.29 is 18.7 Å². The second-order valence-electron chi connectivity index (χ2n) is 11.2. The SMILES string of the molecule is Cn1c(=O)n(CC(=O)c2ccccc2)c(=O)c2c1nc(N1CCCC(NC(=O)OC(C)(C)C)C1)n2Cc1ccco1. The first kappa shape index (κ1) is 27.9. The van der Waals surface area contributed by atoms with Crippen molar-refractivity contribution >= 4 is 29.0 Å². The Hall–Kier alpha value is -4.61. The fourth-order valence-electron chi connectivity index (χ4n) is 5.06. The third-order valence-corrected chi connectivity index (χ3v) is 6.93. The van der Waals surface area contributed by atoms with Gasteiger partial charge in [0.05, 0.1) is 19.4 Å². The molecule has 41 heavy (non-hydrogen) atoms. The summed E-state index contributed by atoms with van der Waals surface area (Å²) >= 11 is 0. The van der Waals surface area contributed by atoms with Crippen LogP contribution >= 0.6 is 0 Å². The molecule has 0 saturated carbocycles. The van der Waals surface area contributed by atoms with Crippen LogP contribution in [0.1, 0.15) is 49.7 Å². The zero-order valence-corrected chi connectivity index (χ0v) is 23.6. The van der Waals surface area contributed by atoms with E-state index in [0.29, 0.717) is 30.4 Å². The number of rotatable bonds is 7. The number of aryl methyl sites for hydroxylation is 1. The predicted molar refractivity (Wildman–Crippen MR) is 152 cm³/mol. The third kappa shape index (κ3) is 5.96. The van der Waals surface area contributed by atoms with Crippen LogP contribution in [0.25, 0.3) is 11.2 Å². The second kappa shape index (κ2) is 11.1. The fraction of sp³-hybridized carbons (Fsp3) is 0.414. The summed E-state index contributed by atoms with van der Waals surface area (Å²) in [5.41, 5.74) is -1.08. The van der Waals surface area contributed by atoms with Crippen LogP contribution in [0.4, 0.5) is 10.7 Å². The number of ketones is 1. The fourth-order valence-corrected chi connectivity index (χ4v) is 5.06. The minimum atomic E-state index is -0.635. The Kier molecular flexibility index (Phi) is 7.57. The molecule has 3 aromatic heterocycles. The number of anilines is 1. The smallest absolute Gasteiger partial charge is 0.407 e. The molecule has 12 nitrogen and oxygen atoms in total. The standard InChI is InChI=1S/C29H34N6O6/c1-29(2,3)41-27(38)30-20-12-8-14-33(16-20)26-31-24-23(34(26)17-21-13-9-15-40-21)25(37)35(28(39)32(24)4)18-22(36)19-10-6-5-7-11-19/h5-7,9-11,13,15,20H,8,12,14,16-18H2,1-4H3,(H,30,38). The highest BCUT2D eigenvalue weighted by atomic mass is 16.6. The molecule has 1 unspecified atom stereocenters. The molecule has 1 amide bonds. The van der Waals surface area contributed by atoms with Crippen LogP contribution in [0.5, 0.6) is 0 Å². The first-order chi connectivity index (χ1) is 19.5. The van der Waals surface area contributed by atoms with Crippen LogP contribution in [0.3, 0.4) is 0 Å². The second-order valence-corrected chi connectivity index (χ2v) is 11.2. The van der Waals surface area contributed by atoms with Crippen molar-refractivity contribution in [2.24, 2.45) is 7.05 Å². The van der Waals surface area contributed by atoms with Gasteiger partial charge >= 0.3 is 11.8 Å². The molecule has 4 heterocycles. The zero-order valence-electron chi connectivity index (χ0n) is 23.6. The quantitative estimate of drug-likeness (QED) is 0.340. The van der Waals surface area contributed by atoms with E-state index < -0.39 is 29.5 Å². The number of carbonyl (C=O) groups is 2. The molecule has 1 aliphatic heterocycles. The first-order valence-corrected chi connectivity index (χ1v) is 13.6. The normalized spacial score (nSPS) is 15.7. The third-order valence-electron chi connectivity index (χ3n) is 6.93. The first-order valence-electron chi connectivity index (χ1n) is 13.6. The van der Waals surface area contributed by atoms with Crippen LogP contribution in [0, 0.1) is 0 Å². The Morgan fingerprint density at radius 1 is 1.10 bits per heavy atom. The van der Waals surface area contributed by atoms with Gasteiger partial charge < -0.3 is 19.4 Å². The van der Waals surface area contributed by atoms with Gasteiger partial charge in [-0.15, -0.1) is 0 Å². The van der Waals surface area contributed by atoms with Gasteiger partial charge in [0.15, 0.2) is 16.9 Å². The Morgan fingerprint density at radius 2 is 1.85 bits per heavy atom. The number of nitrogens with zero attached hydrogens (tertiary/aromatic N) is 5. The maximum absolute atomic E-state index is 13.9. The van der Waals surface area contributed by atoms with E-state index in [-0.39, 0.29) is 29.5 Å². The van der Waals surface area contributed by atoms with Crippen LogP contribution < -0.4 is 21.5 Å². The van der Waals surface area contributed by atoms with Gasteiger partial charge in [0.25, 0.3) is 5.56 Å². The van der Waals surface area contributed by atoms with Crippen molar-refractivity contribution in [2.75, 3.05) is 18.0 Å². The molecule has 0 radical (unpaired) electrons. The molecule has 1 aromatic carbocycles. The van der Waals surface area contributed by atoms with E-state index in [1.54, 1.807) is 74.1 Å². The lowest BCUT2D eigenvalue weighted by molar-refractivity contribution is 0.0499. The van der Waals surface area contributed by atoms with E-state index in [0.717, 1.165) is 17.4 Å². The monoisotopic (exact) mass is 562 g/mol. The molecule has 0 bridgehead atoms. The summed E-state index contributed by atoms with van der Waals surface area (Å²) in [4.78, 5) is 59.3. The summed E-state index contributed by atoms with van der Waals surface area (Å²) in [6.45, 7) is 6.25. The van der Waals surface area contributed by atoms with Gasteiger partial charge in [-0.1, -0.05) is 30.3 Å². The number of alkyl carbamates (subject to hydrolysis) is 1. The number of furan rings is 1. The van der Waals surface area contributed by atoms with E-state index >= 15 is 0 Å². The number of ether oxygens (including phenoxy) is 1. The average molecular weight is 563 g/mol. The number of benzene rings is 1. The number of amides is 1. The highest BCUT2D eigenvalue weighted by molar-refractivity contribution is 5.96. The number of Topliss-reactive ketones (excluding diaryl/α,β-unsaturated/α-hetero) is 1. The number of nitrogens with one attached hydrogen (secondary N) is 1. The minimum Gasteiger partial charge on any atom is -0.467 e. The highest BCUT2D eigenvalue weighted by Gasteiger charge is 2.29. The van der Waals surface area contributed by atoms with Crippen molar-refractivity contribution in [3.63, 3.8) is 0 Å². The van der Waals surface area contributed by atoms with E-state index in [1.807, 2.05) is 4.90 Å². The molecule has 5 rings (SSSR count). The summed E-state index contributed by atoms with van der Waals surface area (Å²) in [6, 6.07) is 11.9. The van der Waals surface area contributed by atoms with Crippen LogP contribution in [0.15, 0.2) is 62.7 Å². The lowest BCUT2D eigenvalue weighted by atomic mass is 10.1. The van der Waals surface area contributed by atoms with E-state index in [4.69, 9.17) is 14.1 Å². The molecular weight excluding hydrogens is 528 g/mol. The van der Waals surface area contributed by atoms with Gasteiger partial charge in [0.1, 0.15) is 11.4 Å². The molecule has 1 saturated heterocycles. The Morgan fingerprint density at radius 3 is 2.54 bits per heavy atom. The number of piperidine rings is 1. The van der Waals surface area contributed by atoms with Gasteiger partial charge in [-0.25, -0.2) is 9.59 Å². The number of carbonyl (C=O) groups excluding carboxylic acids is 2. The molecule has 0 spiro atoms. The number of fused-ring (bicyclic) bond motifs is 1. The topological polar surface area (TPSA) is 134 Å². The van der Waals surface area contributed by atoms with Crippen molar-refractivity contribution in [1.29, 1.82) is 0 Å². The maximum atomic E-state index is 13.9. The Bertz CT molecular complexity index is 1680. The van der Waals surface area contributed by atoms with E-state index in [9.17, 15) is 19.2 Å². The molecule has 1 N–H and O–H groups in total. The van der Waals surface area contributed by atoms with Crippen molar-refractivity contribution in [3.8, 4) is 0 Å². The molecule has 216 valence electrons. The molecular formula is C29H34N6O6. The summed E-state index contributed by atoms with van der Waals surface area (Å²) in [6.07, 6.45) is 2.56. The minimum absolute atomic E-state index is 0.180. The van der Waals surface area contributed by atoms with E-state index in [1.165, 1.54) is 11.6 Å². The largest absolute Gasteiger partial charge is 0.467 e. The lowest BCUT2D eigenvalue weighted by Crippen LogP contribution is -2.49. The predicted octanol–water partition coefficient (Wildman–Crippen LogP) is 2.91. The van der Waals surface area contributed by atoms with Gasteiger partial charge in [0, 0.05) is 31.7 Å². The summed E-state index contributed by atoms with van der Waals surface area (Å²) in [5.74, 6) is 0.700. The van der Waals surface area contributed by atoms with Crippen molar-refractivity contribution in [3.05, 3.63) is 80.9 Å². The van der Waals surface area contributed by atoms with Gasteiger partial charge in [0.2, 0.25) is 5.95 Å². The number of aromatic nitrogens is 4. The number of imidazole rings is 1. The van der Waals surface area contributed by atoms with Crippen LogP contribution in [-0.4, -0.2) is 55.3 Å². The molecule has 1 atom stereocenters. The van der Waals surface area contributed by atoms with Crippen LogP contribution in [0.2, 0.25) is 0 Å². The lowest BCUT2D eigenvalue weighted by Gasteiger charge is -2.34. The number of hydrogen-bond donors (Lipinski definition) is 1. The maximum Gasteiger partial charge on any atom is 0.407 e. The van der Waals surface area contributed by atoms with E-state index in [2.05, 4.69) is 5.32 Å². The Labute approximate surface area is 236 Å². The Balaban J connectivity index is 1.55. The van der Waals surface area contributed by atoms with Gasteiger partial charge in [-0.05, 0) is 45.7 Å². The highest BCUT2D eigenvalue weighted by Crippen LogP contribution is 2.25. The molecule has 1 fully saturated rings. The van der Waals surface area contributed by atoms with Gasteiger partial charge in [-0.2, -0.15) is 4.98 Å². The number of hydrogen-bond acceptors (Lipinski definition) is 8. The summed E-state index contributed by atoms with van der Waals surface area (Å²) < 4.78 is 15.0. The summed E-state index contributed by atoms with van der Waals surface area (Å²) in [7, 11) is 1.53. The summed E-state index contributed by atoms with van der Waals surface area (Å²) in [5, 5.41) is 2.94. The van der Waals surface area contributed by atoms with Crippen molar-refractivity contribution in [1.82, 2.24) is 24.0 Å². The van der Waals surface area contributed by atoms with Crippen molar-refractivity contribution in [2.45, 2.75) is 58.3 Å². The van der Waals surface area contributed by atoms with Gasteiger partial charge in [-0.3, -0.25) is 23.3 Å². The average Bonchev–Trinajstić information content (AvgIpc) is 3.58. The molecule has 12 heteroatoms. The van der Waals surface area contributed by atoms with Crippen LogP contribution in [-0.2, 0) is 24.9 Å². The molecule has 4 aromatic rings.